The molecule has 0 amide bonds. The molecule has 1 atom stereocenters. The van der Waals surface area contributed by atoms with Crippen LogP contribution in [0.15, 0.2) is 0 Å². The lowest BCUT2D eigenvalue weighted by molar-refractivity contribution is 0.600. The van der Waals surface area contributed by atoms with Gasteiger partial charge in [0, 0.05) is 16.5 Å². The van der Waals surface area contributed by atoms with Crippen LogP contribution in [0.25, 0.3) is 0 Å². The van der Waals surface area contributed by atoms with Crippen molar-refractivity contribution >= 4 is 25.3 Å². The largest absolute Gasteiger partial charge is 0.319 e. The zero-order valence-corrected chi connectivity index (χ0v) is 8.67. The zero-order chi connectivity index (χ0) is 8.20. The Morgan fingerprint density at radius 3 is 2.30 bits per heavy atom. The molecule has 0 aromatic carbocycles. The van der Waals surface area contributed by atoms with E-state index in [1.807, 2.05) is 7.05 Å². The van der Waals surface area contributed by atoms with Crippen molar-refractivity contribution in [3.63, 3.8) is 0 Å². The normalized spacial score (nSPS) is 15.3. The molecule has 0 bridgehead atoms. The maximum atomic E-state index is 4.41. The van der Waals surface area contributed by atoms with Crippen molar-refractivity contribution in [2.45, 2.75) is 30.3 Å². The molecular formula is C7H17NS2. The smallest absolute Gasteiger partial charge is 0.0155 e. The van der Waals surface area contributed by atoms with Crippen LogP contribution < -0.4 is 5.32 Å². The summed E-state index contributed by atoms with van der Waals surface area (Å²) in [6, 6.07) is 0. The third kappa shape index (κ3) is 6.78. The van der Waals surface area contributed by atoms with Gasteiger partial charge in [-0.2, -0.15) is 25.3 Å². The van der Waals surface area contributed by atoms with Crippen LogP contribution in [0, 0.1) is 0 Å². The standard InChI is InChI=1S/C7H17NS2/c1-7(2,10)4-6(9)5-8-3/h6,8-10H,4-5H2,1-3H3. The van der Waals surface area contributed by atoms with Gasteiger partial charge >= 0.3 is 0 Å². The number of thiol groups is 2. The highest BCUT2D eigenvalue weighted by Crippen LogP contribution is 2.21. The first-order valence-electron chi connectivity index (χ1n) is 3.51. The first kappa shape index (κ1) is 10.7. The Kier molecular flexibility index (Phi) is 4.82. The summed E-state index contributed by atoms with van der Waals surface area (Å²) in [5, 5.41) is 3.49. The molecule has 0 radical (unpaired) electrons. The van der Waals surface area contributed by atoms with E-state index in [1.54, 1.807) is 0 Å². The monoisotopic (exact) mass is 179 g/mol. The SMILES string of the molecule is CNCC(S)CC(C)(C)S. The first-order chi connectivity index (χ1) is 4.45. The Bertz CT molecular complexity index is 88.1. The lowest BCUT2D eigenvalue weighted by Crippen LogP contribution is -2.25. The predicted octanol–water partition coefficient (Wildman–Crippen LogP) is 1.60. The summed E-state index contributed by atoms with van der Waals surface area (Å²) in [4.78, 5) is 0. The van der Waals surface area contributed by atoms with Crippen LogP contribution in [0.2, 0.25) is 0 Å². The molecule has 0 aliphatic carbocycles. The number of rotatable bonds is 4. The van der Waals surface area contributed by atoms with Crippen molar-refractivity contribution in [2.24, 2.45) is 0 Å². The van der Waals surface area contributed by atoms with Gasteiger partial charge in [-0.1, -0.05) is 13.8 Å². The van der Waals surface area contributed by atoms with Crippen LogP contribution in [0.4, 0.5) is 0 Å². The molecule has 0 aliphatic heterocycles. The Morgan fingerprint density at radius 2 is 2.00 bits per heavy atom. The van der Waals surface area contributed by atoms with Crippen LogP contribution in [0.3, 0.4) is 0 Å². The Balaban J connectivity index is 3.47. The third-order valence-corrected chi connectivity index (χ3v) is 1.72. The molecule has 62 valence electrons. The summed E-state index contributed by atoms with van der Waals surface area (Å²) in [5.74, 6) is 0. The van der Waals surface area contributed by atoms with E-state index in [0.717, 1.165) is 13.0 Å². The summed E-state index contributed by atoms with van der Waals surface area (Å²) < 4.78 is 0.100. The molecule has 0 aromatic heterocycles. The maximum Gasteiger partial charge on any atom is 0.0155 e. The Hall–Kier alpha value is 0.660. The summed E-state index contributed by atoms with van der Waals surface area (Å²) >= 11 is 8.80. The van der Waals surface area contributed by atoms with Crippen molar-refractivity contribution in [2.75, 3.05) is 13.6 Å². The minimum Gasteiger partial charge on any atom is -0.319 e. The highest BCUT2D eigenvalue weighted by Gasteiger charge is 2.15. The van der Waals surface area contributed by atoms with Gasteiger partial charge in [-0.3, -0.25) is 0 Å². The quantitative estimate of drug-likeness (QED) is 0.557. The van der Waals surface area contributed by atoms with E-state index in [4.69, 9.17) is 0 Å². The number of hydrogen-bond acceptors (Lipinski definition) is 3. The molecule has 1 nitrogen and oxygen atoms in total. The highest BCUT2D eigenvalue weighted by atomic mass is 32.1. The van der Waals surface area contributed by atoms with E-state index in [0.29, 0.717) is 5.25 Å². The first-order valence-corrected chi connectivity index (χ1v) is 4.47. The average Bonchev–Trinajstić information content (AvgIpc) is 1.59. The maximum absolute atomic E-state index is 4.41. The molecule has 0 aromatic rings. The molecule has 0 aliphatic rings. The average molecular weight is 179 g/mol. The van der Waals surface area contributed by atoms with E-state index < -0.39 is 0 Å². The molecule has 1 unspecified atom stereocenters. The molecule has 1 N–H and O–H groups in total. The second-order valence-corrected chi connectivity index (χ2v) is 5.17. The molecule has 0 heterocycles. The van der Waals surface area contributed by atoms with Gasteiger partial charge in [0.25, 0.3) is 0 Å². The van der Waals surface area contributed by atoms with Gasteiger partial charge in [-0.15, -0.1) is 0 Å². The number of nitrogens with one attached hydrogen (secondary N) is 1. The number of hydrogen-bond donors (Lipinski definition) is 3. The molecule has 0 saturated heterocycles. The summed E-state index contributed by atoms with van der Waals surface area (Å²) in [7, 11) is 1.94. The molecule has 10 heavy (non-hydrogen) atoms. The minimum absolute atomic E-state index is 0.100. The van der Waals surface area contributed by atoms with E-state index in [1.165, 1.54) is 0 Å². The fraction of sp³-hybridized carbons (Fsp3) is 1.00. The fourth-order valence-corrected chi connectivity index (χ4v) is 1.89. The fourth-order valence-electron chi connectivity index (χ4n) is 0.884. The zero-order valence-electron chi connectivity index (χ0n) is 6.89. The predicted molar refractivity (Wildman–Crippen MR) is 54.4 cm³/mol. The van der Waals surface area contributed by atoms with Crippen LogP contribution >= 0.6 is 25.3 Å². The Morgan fingerprint density at radius 1 is 1.50 bits per heavy atom. The van der Waals surface area contributed by atoms with E-state index in [9.17, 15) is 0 Å². The summed E-state index contributed by atoms with van der Waals surface area (Å²) in [5.41, 5.74) is 0. The highest BCUT2D eigenvalue weighted by molar-refractivity contribution is 7.82. The molecule has 0 fully saturated rings. The van der Waals surface area contributed by atoms with Gasteiger partial charge in [-0.05, 0) is 13.5 Å². The molecule has 0 spiro atoms. The van der Waals surface area contributed by atoms with Crippen molar-refractivity contribution in [3.8, 4) is 0 Å². The van der Waals surface area contributed by atoms with Crippen LogP contribution in [-0.2, 0) is 0 Å². The van der Waals surface area contributed by atoms with Crippen molar-refractivity contribution in [1.29, 1.82) is 0 Å². The lowest BCUT2D eigenvalue weighted by Gasteiger charge is -2.21. The topological polar surface area (TPSA) is 12.0 Å². The second kappa shape index (κ2) is 4.52. The van der Waals surface area contributed by atoms with E-state index in [2.05, 4.69) is 44.4 Å². The Labute approximate surface area is 74.8 Å². The molecule has 0 rings (SSSR count). The molecular weight excluding hydrogens is 162 g/mol. The minimum atomic E-state index is 0.100. The lowest BCUT2D eigenvalue weighted by atomic mass is 10.1. The third-order valence-electron chi connectivity index (χ3n) is 1.17. The van der Waals surface area contributed by atoms with Crippen LogP contribution in [0.5, 0.6) is 0 Å². The molecule has 3 heteroatoms. The van der Waals surface area contributed by atoms with E-state index >= 15 is 0 Å². The summed E-state index contributed by atoms with van der Waals surface area (Å²) in [6.07, 6.45) is 1.03. The van der Waals surface area contributed by atoms with Crippen molar-refractivity contribution in [1.82, 2.24) is 5.32 Å². The van der Waals surface area contributed by atoms with Gasteiger partial charge in [0.15, 0.2) is 0 Å². The van der Waals surface area contributed by atoms with Gasteiger partial charge in [-0.25, -0.2) is 0 Å². The van der Waals surface area contributed by atoms with Gasteiger partial charge in [0.05, 0.1) is 0 Å². The van der Waals surface area contributed by atoms with Crippen molar-refractivity contribution in [3.05, 3.63) is 0 Å². The van der Waals surface area contributed by atoms with Gasteiger partial charge in [0.2, 0.25) is 0 Å². The molecule has 0 saturated carbocycles. The van der Waals surface area contributed by atoms with Crippen molar-refractivity contribution < 1.29 is 0 Å². The second-order valence-electron chi connectivity index (χ2n) is 3.23. The van der Waals surface area contributed by atoms with Crippen LogP contribution in [-0.4, -0.2) is 23.6 Å². The van der Waals surface area contributed by atoms with E-state index in [-0.39, 0.29) is 4.75 Å². The van der Waals surface area contributed by atoms with Gasteiger partial charge in [0.1, 0.15) is 0 Å². The van der Waals surface area contributed by atoms with Gasteiger partial charge < -0.3 is 5.32 Å². The summed E-state index contributed by atoms with van der Waals surface area (Å²) in [6.45, 7) is 5.16. The van der Waals surface area contributed by atoms with Crippen LogP contribution in [0.1, 0.15) is 20.3 Å².